The molecule has 0 spiro atoms. The van der Waals surface area contributed by atoms with Crippen LogP contribution in [0.15, 0.2) is 21.1 Å². The lowest BCUT2D eigenvalue weighted by Crippen LogP contribution is -2.43. The molecule has 1 fully saturated rings. The van der Waals surface area contributed by atoms with Crippen molar-refractivity contribution in [2.45, 2.75) is 13.3 Å². The molecule has 17 heavy (non-hydrogen) atoms. The topological polar surface area (TPSA) is 52.9 Å². The molecule has 0 aliphatic carbocycles. The number of hydrogen-bond donors (Lipinski definition) is 1. The highest BCUT2D eigenvalue weighted by atomic mass is 79.9. The number of hydrogen-bond acceptors (Lipinski definition) is 4. The van der Waals surface area contributed by atoms with Gasteiger partial charge in [-0.2, -0.15) is 0 Å². The van der Waals surface area contributed by atoms with Crippen molar-refractivity contribution in [3.05, 3.63) is 20.8 Å². The summed E-state index contributed by atoms with van der Waals surface area (Å²) < 4.78 is 0.849. The zero-order valence-corrected chi connectivity index (χ0v) is 11.8. The summed E-state index contributed by atoms with van der Waals surface area (Å²) in [5.74, 6) is 0.173. The predicted octanol–water partition coefficient (Wildman–Crippen LogP) is 2.82. The number of oxime groups is 1. The molecule has 1 atom stereocenters. The molecular formula is C11H13BrN2O2S. The molecule has 1 amide bonds. The van der Waals surface area contributed by atoms with E-state index < -0.39 is 0 Å². The highest BCUT2D eigenvalue weighted by Crippen LogP contribution is 2.26. The summed E-state index contributed by atoms with van der Waals surface area (Å²) >= 11 is 4.81. The van der Waals surface area contributed by atoms with Crippen LogP contribution in [0, 0.1) is 5.92 Å². The molecule has 4 nitrogen and oxygen atoms in total. The Morgan fingerprint density at radius 3 is 3.00 bits per heavy atom. The van der Waals surface area contributed by atoms with Gasteiger partial charge in [-0.1, -0.05) is 12.1 Å². The summed E-state index contributed by atoms with van der Waals surface area (Å²) in [6, 6.07) is 1.88. The average molecular weight is 317 g/mol. The first-order chi connectivity index (χ1) is 8.13. The molecule has 2 heterocycles. The second kappa shape index (κ2) is 5.18. The van der Waals surface area contributed by atoms with Crippen molar-refractivity contribution in [3.63, 3.8) is 0 Å². The second-order valence-corrected chi connectivity index (χ2v) is 5.86. The maximum atomic E-state index is 12.2. The number of nitrogens with zero attached hydrogens (tertiary/aromatic N) is 2. The molecule has 0 bridgehead atoms. The van der Waals surface area contributed by atoms with Crippen LogP contribution in [0.25, 0.3) is 0 Å². The monoisotopic (exact) mass is 316 g/mol. The zero-order chi connectivity index (χ0) is 12.4. The third-order valence-corrected chi connectivity index (χ3v) is 4.75. The molecule has 1 N–H and O–H groups in total. The summed E-state index contributed by atoms with van der Waals surface area (Å²) in [5.41, 5.74) is 0.777. The van der Waals surface area contributed by atoms with Gasteiger partial charge in [-0.15, -0.1) is 11.3 Å². The normalized spacial score (nSPS) is 23.1. The Kier molecular flexibility index (Phi) is 3.83. The van der Waals surface area contributed by atoms with Gasteiger partial charge in [-0.25, -0.2) is 0 Å². The highest BCUT2D eigenvalue weighted by Gasteiger charge is 2.27. The third-order valence-electron chi connectivity index (χ3n) is 2.93. The van der Waals surface area contributed by atoms with Crippen LogP contribution in [0.2, 0.25) is 0 Å². The first-order valence-corrected chi connectivity index (χ1v) is 7.04. The van der Waals surface area contributed by atoms with Crippen molar-refractivity contribution in [2.24, 2.45) is 11.1 Å². The van der Waals surface area contributed by atoms with E-state index >= 15 is 0 Å². The number of halogens is 1. The zero-order valence-electron chi connectivity index (χ0n) is 9.39. The molecule has 6 heteroatoms. The number of carbonyl (C=O) groups is 1. The summed E-state index contributed by atoms with van der Waals surface area (Å²) in [6.07, 6.45) is 0.645. The molecule has 1 aliphatic rings. The standard InChI is InChI=1S/C11H13BrN2O2S/c1-7-6-14(4-2-9(7)13-16)11(15)10-8(12)3-5-17-10/h3,5,7,16H,2,4,6H2,1H3/b13-9+. The lowest BCUT2D eigenvalue weighted by molar-refractivity contribution is 0.0738. The fourth-order valence-corrected chi connectivity index (χ4v) is 3.45. The Bertz CT molecular complexity index is 458. The Balaban J connectivity index is 2.11. The quantitative estimate of drug-likeness (QED) is 0.640. The van der Waals surface area contributed by atoms with E-state index in [1.165, 1.54) is 11.3 Å². The molecule has 1 unspecified atom stereocenters. The molecule has 92 valence electrons. The third kappa shape index (κ3) is 2.52. The van der Waals surface area contributed by atoms with Gasteiger partial charge in [-0.3, -0.25) is 4.79 Å². The number of carbonyl (C=O) groups excluding carboxylic acids is 1. The average Bonchev–Trinajstić information content (AvgIpc) is 2.74. The van der Waals surface area contributed by atoms with E-state index in [9.17, 15) is 4.79 Å². The van der Waals surface area contributed by atoms with Crippen LogP contribution in [0.3, 0.4) is 0 Å². The van der Waals surface area contributed by atoms with Crippen molar-refractivity contribution in [1.82, 2.24) is 4.90 Å². The fraction of sp³-hybridized carbons (Fsp3) is 0.455. The Morgan fingerprint density at radius 1 is 1.71 bits per heavy atom. The van der Waals surface area contributed by atoms with Crippen LogP contribution in [0.5, 0.6) is 0 Å². The van der Waals surface area contributed by atoms with Crippen molar-refractivity contribution in [3.8, 4) is 0 Å². The second-order valence-electron chi connectivity index (χ2n) is 4.09. The van der Waals surface area contributed by atoms with E-state index in [1.807, 2.05) is 23.3 Å². The van der Waals surface area contributed by atoms with Crippen LogP contribution in [0.4, 0.5) is 0 Å². The number of amides is 1. The largest absolute Gasteiger partial charge is 0.411 e. The van der Waals surface area contributed by atoms with E-state index in [0.717, 1.165) is 15.1 Å². The number of rotatable bonds is 1. The first kappa shape index (κ1) is 12.6. The maximum Gasteiger partial charge on any atom is 0.265 e. The van der Waals surface area contributed by atoms with Crippen LogP contribution in [-0.2, 0) is 0 Å². The van der Waals surface area contributed by atoms with E-state index in [1.54, 1.807) is 0 Å². The predicted molar refractivity (Wildman–Crippen MR) is 70.9 cm³/mol. The van der Waals surface area contributed by atoms with Gasteiger partial charge in [0.05, 0.1) is 5.71 Å². The van der Waals surface area contributed by atoms with Crippen LogP contribution in [-0.4, -0.2) is 34.8 Å². The number of likely N-dealkylation sites (tertiary alicyclic amines) is 1. The Labute approximate surface area is 112 Å². The molecule has 1 aromatic rings. The minimum atomic E-state index is 0.0516. The fourth-order valence-electron chi connectivity index (χ4n) is 1.95. The van der Waals surface area contributed by atoms with E-state index in [0.29, 0.717) is 19.5 Å². The van der Waals surface area contributed by atoms with Gasteiger partial charge in [-0.05, 0) is 27.4 Å². The van der Waals surface area contributed by atoms with Crippen molar-refractivity contribution in [1.29, 1.82) is 0 Å². The minimum absolute atomic E-state index is 0.0516. The van der Waals surface area contributed by atoms with Crippen molar-refractivity contribution >= 4 is 38.9 Å². The van der Waals surface area contributed by atoms with E-state index in [2.05, 4.69) is 21.1 Å². The van der Waals surface area contributed by atoms with Gasteiger partial charge in [0.2, 0.25) is 0 Å². The molecule has 1 saturated heterocycles. The van der Waals surface area contributed by atoms with Crippen molar-refractivity contribution in [2.75, 3.05) is 13.1 Å². The van der Waals surface area contributed by atoms with Gasteiger partial charge in [0.1, 0.15) is 4.88 Å². The molecular weight excluding hydrogens is 304 g/mol. The summed E-state index contributed by atoms with van der Waals surface area (Å²) in [5, 5.41) is 14.0. The Hall–Kier alpha value is -0.880. The lowest BCUT2D eigenvalue weighted by Gasteiger charge is -2.31. The van der Waals surface area contributed by atoms with Gasteiger partial charge in [0.15, 0.2) is 0 Å². The SMILES string of the molecule is CC1CN(C(=O)c2sccc2Br)CC/C1=N\O. The number of thiophene rings is 1. The highest BCUT2D eigenvalue weighted by molar-refractivity contribution is 9.10. The molecule has 1 aliphatic heterocycles. The Morgan fingerprint density at radius 2 is 2.47 bits per heavy atom. The smallest absolute Gasteiger partial charge is 0.265 e. The van der Waals surface area contributed by atoms with Crippen LogP contribution in [0.1, 0.15) is 23.0 Å². The summed E-state index contributed by atoms with van der Waals surface area (Å²) in [4.78, 5) is 14.8. The molecule has 0 saturated carbocycles. The van der Waals surface area contributed by atoms with Gasteiger partial charge >= 0.3 is 0 Å². The maximum absolute atomic E-state index is 12.2. The van der Waals surface area contributed by atoms with E-state index in [-0.39, 0.29) is 11.8 Å². The number of piperidine rings is 1. The molecule has 2 rings (SSSR count). The summed E-state index contributed by atoms with van der Waals surface area (Å²) in [7, 11) is 0. The van der Waals surface area contributed by atoms with Gasteiger partial charge in [0, 0.05) is 29.9 Å². The minimum Gasteiger partial charge on any atom is -0.411 e. The molecule has 0 radical (unpaired) electrons. The van der Waals surface area contributed by atoms with Crippen LogP contribution >= 0.6 is 27.3 Å². The van der Waals surface area contributed by atoms with Gasteiger partial charge in [0.25, 0.3) is 5.91 Å². The first-order valence-electron chi connectivity index (χ1n) is 5.36. The van der Waals surface area contributed by atoms with Crippen molar-refractivity contribution < 1.29 is 10.0 Å². The van der Waals surface area contributed by atoms with Crippen LogP contribution < -0.4 is 0 Å². The molecule has 0 aromatic carbocycles. The molecule has 1 aromatic heterocycles. The lowest BCUT2D eigenvalue weighted by atomic mass is 9.97. The van der Waals surface area contributed by atoms with E-state index in [4.69, 9.17) is 5.21 Å². The van der Waals surface area contributed by atoms with Gasteiger partial charge < -0.3 is 10.1 Å². The summed E-state index contributed by atoms with van der Waals surface area (Å²) in [6.45, 7) is 3.20.